The number of fused-ring (bicyclic) bond motifs is 1. The summed E-state index contributed by atoms with van der Waals surface area (Å²) in [6.07, 6.45) is 1.59. The highest BCUT2D eigenvalue weighted by Crippen LogP contribution is 2.51. The molecule has 6 rings (SSSR count). The zero-order chi connectivity index (χ0) is 27.0. The van der Waals surface area contributed by atoms with Crippen molar-refractivity contribution in [1.82, 2.24) is 9.80 Å². The van der Waals surface area contributed by atoms with Crippen molar-refractivity contribution in [2.45, 2.75) is 24.8 Å². The van der Waals surface area contributed by atoms with Gasteiger partial charge in [0.1, 0.15) is 0 Å². The van der Waals surface area contributed by atoms with Crippen molar-refractivity contribution in [1.29, 1.82) is 0 Å². The van der Waals surface area contributed by atoms with Crippen LogP contribution in [0.1, 0.15) is 34.3 Å². The van der Waals surface area contributed by atoms with Crippen molar-refractivity contribution >= 4 is 17.5 Å². The number of morpholine rings is 1. The Bertz CT molecular complexity index is 1390. The van der Waals surface area contributed by atoms with Crippen LogP contribution < -0.4 is 14.8 Å². The highest BCUT2D eigenvalue weighted by atomic mass is 16.7. The fourth-order valence-electron chi connectivity index (χ4n) is 5.33. The second kappa shape index (κ2) is 10.4. The van der Waals surface area contributed by atoms with Crippen LogP contribution in [0.15, 0.2) is 60.7 Å². The first-order valence-corrected chi connectivity index (χ1v) is 13.4. The molecule has 39 heavy (non-hydrogen) atoms. The molecule has 2 amide bonds. The molecule has 8 nitrogen and oxygen atoms in total. The van der Waals surface area contributed by atoms with E-state index in [1.807, 2.05) is 54.6 Å². The van der Waals surface area contributed by atoms with Gasteiger partial charge in [-0.2, -0.15) is 0 Å². The van der Waals surface area contributed by atoms with Crippen molar-refractivity contribution in [3.63, 3.8) is 0 Å². The van der Waals surface area contributed by atoms with Gasteiger partial charge in [-0.1, -0.05) is 24.3 Å². The van der Waals surface area contributed by atoms with Gasteiger partial charge >= 0.3 is 0 Å². The number of carbonyl (C=O) groups excluding carboxylic acids is 2. The Morgan fingerprint density at radius 1 is 0.923 bits per heavy atom. The monoisotopic (exact) mass is 527 g/mol. The van der Waals surface area contributed by atoms with E-state index in [-0.39, 0.29) is 18.6 Å². The van der Waals surface area contributed by atoms with Crippen LogP contribution in [0, 0.1) is 0 Å². The van der Waals surface area contributed by atoms with Crippen LogP contribution in [0.5, 0.6) is 11.5 Å². The van der Waals surface area contributed by atoms with Crippen LogP contribution in [0.3, 0.4) is 0 Å². The molecule has 3 aliphatic rings. The Balaban J connectivity index is 1.28. The molecule has 0 spiro atoms. The van der Waals surface area contributed by atoms with Gasteiger partial charge in [0.05, 0.1) is 18.6 Å². The van der Waals surface area contributed by atoms with Crippen LogP contribution in [0.25, 0.3) is 11.1 Å². The number of amides is 2. The predicted octanol–water partition coefficient (Wildman–Crippen LogP) is 4.29. The molecule has 0 atom stereocenters. The molecule has 2 heterocycles. The van der Waals surface area contributed by atoms with Gasteiger partial charge in [0.2, 0.25) is 12.7 Å². The Kier molecular flexibility index (Phi) is 6.74. The number of anilines is 1. The number of benzene rings is 3. The molecule has 0 aromatic heterocycles. The van der Waals surface area contributed by atoms with Crippen molar-refractivity contribution in [2.75, 3.05) is 52.5 Å². The number of carbonyl (C=O) groups is 2. The molecule has 3 aromatic rings. The maximum Gasteiger partial charge on any atom is 0.253 e. The molecular weight excluding hydrogens is 494 g/mol. The van der Waals surface area contributed by atoms with E-state index in [0.29, 0.717) is 17.1 Å². The van der Waals surface area contributed by atoms with E-state index in [4.69, 9.17) is 14.2 Å². The van der Waals surface area contributed by atoms with E-state index < -0.39 is 5.41 Å². The summed E-state index contributed by atoms with van der Waals surface area (Å²) in [7, 11) is 3.50. The lowest BCUT2D eigenvalue weighted by atomic mass is 9.93. The number of ether oxygens (including phenoxy) is 3. The van der Waals surface area contributed by atoms with Gasteiger partial charge in [-0.05, 0) is 71.5 Å². The van der Waals surface area contributed by atoms with Crippen LogP contribution >= 0.6 is 0 Å². The largest absolute Gasteiger partial charge is 0.454 e. The van der Waals surface area contributed by atoms with Crippen LogP contribution in [-0.4, -0.2) is 68.8 Å². The number of hydrogen-bond acceptors (Lipinski definition) is 6. The van der Waals surface area contributed by atoms with Crippen LogP contribution in [-0.2, 0) is 21.5 Å². The molecule has 1 N–H and O–H groups in total. The fraction of sp³-hybridized carbons (Fsp3) is 0.355. The zero-order valence-corrected chi connectivity index (χ0v) is 22.4. The van der Waals surface area contributed by atoms with Gasteiger partial charge < -0.3 is 24.4 Å². The van der Waals surface area contributed by atoms with Gasteiger partial charge in [0.15, 0.2) is 11.5 Å². The van der Waals surface area contributed by atoms with E-state index in [0.717, 1.165) is 68.1 Å². The number of nitrogens with zero attached hydrogens (tertiary/aromatic N) is 2. The van der Waals surface area contributed by atoms with E-state index in [9.17, 15) is 9.59 Å². The average molecular weight is 528 g/mol. The standard InChI is InChI=1S/C31H33N3O5/c1-33(2)29(35)22-5-3-21(4-6-22)26-18-25(9-7-23(26)19-34-13-15-37-16-14-34)32-30(36)31(11-12-31)24-8-10-27-28(17-24)39-20-38-27/h3-10,17-18H,11-16,19-20H2,1-2H3,(H,32,36). The summed E-state index contributed by atoms with van der Waals surface area (Å²) in [5.41, 5.74) is 5.00. The van der Waals surface area contributed by atoms with Crippen molar-refractivity contribution < 1.29 is 23.8 Å². The van der Waals surface area contributed by atoms with Crippen LogP contribution in [0.2, 0.25) is 0 Å². The summed E-state index contributed by atoms with van der Waals surface area (Å²) in [6, 6.07) is 19.6. The number of hydrogen-bond donors (Lipinski definition) is 1. The van der Waals surface area contributed by atoms with E-state index in [2.05, 4.69) is 16.3 Å². The molecule has 1 aliphatic carbocycles. The predicted molar refractivity (Wildman–Crippen MR) is 148 cm³/mol. The quantitative estimate of drug-likeness (QED) is 0.494. The second-order valence-electron chi connectivity index (χ2n) is 10.6. The Morgan fingerprint density at radius 2 is 1.67 bits per heavy atom. The normalized spacial score (nSPS) is 17.5. The molecule has 0 radical (unpaired) electrons. The minimum Gasteiger partial charge on any atom is -0.454 e. The summed E-state index contributed by atoms with van der Waals surface area (Å²) in [5, 5.41) is 3.19. The Labute approximate surface area is 228 Å². The summed E-state index contributed by atoms with van der Waals surface area (Å²) < 4.78 is 16.5. The first-order valence-electron chi connectivity index (χ1n) is 13.4. The lowest BCUT2D eigenvalue weighted by Gasteiger charge is -2.27. The minimum atomic E-state index is -0.554. The SMILES string of the molecule is CN(C)C(=O)c1ccc(-c2cc(NC(=O)C3(c4ccc5c(c4)OCO5)CC3)ccc2CN2CCOCC2)cc1. The maximum absolute atomic E-state index is 13.6. The Morgan fingerprint density at radius 3 is 2.38 bits per heavy atom. The fourth-order valence-corrected chi connectivity index (χ4v) is 5.33. The summed E-state index contributed by atoms with van der Waals surface area (Å²) >= 11 is 0. The lowest BCUT2D eigenvalue weighted by Crippen LogP contribution is -2.35. The lowest BCUT2D eigenvalue weighted by molar-refractivity contribution is -0.118. The third-order valence-electron chi connectivity index (χ3n) is 7.82. The van der Waals surface area contributed by atoms with Crippen molar-refractivity contribution in [3.8, 4) is 22.6 Å². The van der Waals surface area contributed by atoms with Gasteiger partial charge in [0, 0.05) is 45.0 Å². The number of nitrogens with one attached hydrogen (secondary N) is 1. The van der Waals surface area contributed by atoms with Crippen molar-refractivity contribution in [2.24, 2.45) is 0 Å². The van der Waals surface area contributed by atoms with E-state index in [1.165, 1.54) is 5.56 Å². The highest BCUT2D eigenvalue weighted by molar-refractivity contribution is 6.02. The molecule has 2 fully saturated rings. The zero-order valence-electron chi connectivity index (χ0n) is 22.4. The smallest absolute Gasteiger partial charge is 0.253 e. The maximum atomic E-state index is 13.6. The molecule has 0 bridgehead atoms. The van der Waals surface area contributed by atoms with Gasteiger partial charge in [-0.15, -0.1) is 0 Å². The first-order chi connectivity index (χ1) is 18.9. The van der Waals surface area contributed by atoms with Crippen LogP contribution in [0.4, 0.5) is 5.69 Å². The molecule has 202 valence electrons. The highest BCUT2D eigenvalue weighted by Gasteiger charge is 2.51. The molecule has 8 heteroatoms. The Hall–Kier alpha value is -3.88. The average Bonchev–Trinajstić information content (AvgIpc) is 3.64. The third-order valence-corrected chi connectivity index (χ3v) is 7.82. The summed E-state index contributed by atoms with van der Waals surface area (Å²) in [4.78, 5) is 30.0. The number of rotatable bonds is 7. The molecule has 0 unspecified atom stereocenters. The molecular formula is C31H33N3O5. The minimum absolute atomic E-state index is 0.0137. The van der Waals surface area contributed by atoms with Gasteiger partial charge in [0.25, 0.3) is 5.91 Å². The summed E-state index contributed by atoms with van der Waals surface area (Å²) in [6.45, 7) is 4.21. The van der Waals surface area contributed by atoms with E-state index >= 15 is 0 Å². The topological polar surface area (TPSA) is 80.3 Å². The van der Waals surface area contributed by atoms with E-state index in [1.54, 1.807) is 19.0 Å². The third kappa shape index (κ3) is 5.10. The first kappa shape index (κ1) is 25.4. The second-order valence-corrected chi connectivity index (χ2v) is 10.6. The molecule has 1 saturated heterocycles. The van der Waals surface area contributed by atoms with Gasteiger partial charge in [-0.3, -0.25) is 14.5 Å². The van der Waals surface area contributed by atoms with Gasteiger partial charge in [-0.25, -0.2) is 0 Å². The molecule has 1 saturated carbocycles. The van der Waals surface area contributed by atoms with Crippen molar-refractivity contribution in [3.05, 3.63) is 77.4 Å². The molecule has 3 aromatic carbocycles. The summed E-state index contributed by atoms with van der Waals surface area (Å²) in [5.74, 6) is 1.36. The molecule has 2 aliphatic heterocycles.